The van der Waals surface area contributed by atoms with Crippen molar-refractivity contribution in [3.05, 3.63) is 47.8 Å². The topological polar surface area (TPSA) is 109 Å². The molecule has 160 valence electrons. The first kappa shape index (κ1) is 21.7. The molecule has 3 N–H and O–H groups in total. The lowest BCUT2D eigenvalue weighted by molar-refractivity contribution is -0.129. The second-order valence-electron chi connectivity index (χ2n) is 7.95. The number of aryl methyl sites for hydroxylation is 1. The van der Waals surface area contributed by atoms with E-state index in [4.69, 9.17) is 0 Å². The zero-order valence-electron chi connectivity index (χ0n) is 17.1. The van der Waals surface area contributed by atoms with Crippen molar-refractivity contribution in [3.63, 3.8) is 0 Å². The summed E-state index contributed by atoms with van der Waals surface area (Å²) in [6.45, 7) is 6.44. The number of aromatic nitrogens is 5. The maximum atomic E-state index is 12.9. The van der Waals surface area contributed by atoms with E-state index in [1.165, 1.54) is 43.8 Å². The molecule has 0 aromatic carbocycles. The molecule has 30 heavy (non-hydrogen) atoms. The van der Waals surface area contributed by atoms with Crippen molar-refractivity contribution in [2.45, 2.75) is 51.9 Å². The average molecular weight is 418 g/mol. The molecule has 0 fully saturated rings. The van der Waals surface area contributed by atoms with Gasteiger partial charge in [0.25, 0.3) is 6.43 Å². The van der Waals surface area contributed by atoms with E-state index in [9.17, 15) is 19.0 Å². The van der Waals surface area contributed by atoms with E-state index in [1.807, 2.05) is 6.92 Å². The first-order chi connectivity index (χ1) is 13.9. The third-order valence-corrected chi connectivity index (χ3v) is 4.85. The highest BCUT2D eigenvalue weighted by Crippen LogP contribution is 2.26. The Kier molecular flexibility index (Phi) is 5.82. The van der Waals surface area contributed by atoms with Crippen LogP contribution >= 0.6 is 0 Å². The van der Waals surface area contributed by atoms with Gasteiger partial charge < -0.3 is 15.5 Å². The molecule has 0 spiro atoms. The summed E-state index contributed by atoms with van der Waals surface area (Å²) in [6.07, 6.45) is 0.327. The van der Waals surface area contributed by atoms with Crippen LogP contribution in [0.4, 0.5) is 20.4 Å². The molecule has 0 aliphatic carbocycles. The van der Waals surface area contributed by atoms with Crippen molar-refractivity contribution in [2.24, 2.45) is 0 Å². The number of rotatable bonds is 7. The average Bonchev–Trinajstić information content (AvgIpc) is 3.08. The fraction of sp³-hybridized carbons (Fsp3) is 0.400. The summed E-state index contributed by atoms with van der Waals surface area (Å²) in [5.74, 6) is 0.670. The van der Waals surface area contributed by atoms with Gasteiger partial charge in [-0.25, -0.2) is 23.4 Å². The molecule has 0 saturated carbocycles. The van der Waals surface area contributed by atoms with Crippen molar-refractivity contribution in [3.8, 4) is 11.4 Å². The maximum absolute atomic E-state index is 12.9. The second-order valence-corrected chi connectivity index (χ2v) is 7.95. The summed E-state index contributed by atoms with van der Waals surface area (Å²) in [7, 11) is 0. The van der Waals surface area contributed by atoms with Crippen molar-refractivity contribution in [1.29, 1.82) is 0 Å². The van der Waals surface area contributed by atoms with Crippen molar-refractivity contribution in [2.75, 3.05) is 5.32 Å². The van der Waals surface area contributed by atoms with Crippen LogP contribution < -0.4 is 5.32 Å². The van der Waals surface area contributed by atoms with Crippen LogP contribution in [0.2, 0.25) is 0 Å². The van der Waals surface area contributed by atoms with Crippen molar-refractivity contribution in [1.82, 2.24) is 25.0 Å². The molecule has 0 amide bonds. The number of aliphatic hydroxyl groups is 2. The van der Waals surface area contributed by atoms with Crippen LogP contribution in [0.1, 0.15) is 38.3 Å². The summed E-state index contributed by atoms with van der Waals surface area (Å²) >= 11 is 0. The third-order valence-electron chi connectivity index (χ3n) is 4.85. The Morgan fingerprint density at radius 2 is 1.83 bits per heavy atom. The molecule has 1 unspecified atom stereocenters. The zero-order valence-corrected chi connectivity index (χ0v) is 17.1. The van der Waals surface area contributed by atoms with Crippen LogP contribution in [0, 0.1) is 6.92 Å². The zero-order chi connectivity index (χ0) is 22.1. The van der Waals surface area contributed by atoms with Crippen LogP contribution in [0.15, 0.2) is 36.7 Å². The minimum absolute atomic E-state index is 0.0325. The minimum atomic E-state index is -2.59. The van der Waals surface area contributed by atoms with Gasteiger partial charge in [0.15, 0.2) is 0 Å². The van der Waals surface area contributed by atoms with E-state index in [1.54, 1.807) is 18.3 Å². The van der Waals surface area contributed by atoms with Crippen LogP contribution in [0.5, 0.6) is 0 Å². The fourth-order valence-electron chi connectivity index (χ4n) is 2.65. The summed E-state index contributed by atoms with van der Waals surface area (Å²) in [4.78, 5) is 8.51. The van der Waals surface area contributed by atoms with E-state index < -0.39 is 17.6 Å². The lowest BCUT2D eigenvalue weighted by atomic mass is 9.88. The first-order valence-electron chi connectivity index (χ1n) is 9.30. The SMILES string of the molecule is Cc1cc(Nc2cc(C(F)F)ccn2)nc(-c2cn(CC(C)(O)C(C)(C)O)nn2)c1. The number of anilines is 2. The van der Waals surface area contributed by atoms with E-state index in [2.05, 4.69) is 25.6 Å². The highest BCUT2D eigenvalue weighted by atomic mass is 19.3. The highest BCUT2D eigenvalue weighted by molar-refractivity contribution is 5.61. The molecule has 10 heteroatoms. The second kappa shape index (κ2) is 8.04. The Morgan fingerprint density at radius 3 is 2.50 bits per heavy atom. The maximum Gasteiger partial charge on any atom is 0.264 e. The van der Waals surface area contributed by atoms with E-state index >= 15 is 0 Å². The monoisotopic (exact) mass is 418 g/mol. The van der Waals surface area contributed by atoms with Crippen molar-refractivity contribution < 1.29 is 19.0 Å². The van der Waals surface area contributed by atoms with E-state index in [0.717, 1.165) is 5.56 Å². The number of nitrogens with one attached hydrogen (secondary N) is 1. The molecule has 3 aromatic rings. The molecule has 0 aliphatic heterocycles. The summed E-state index contributed by atoms with van der Waals surface area (Å²) < 4.78 is 27.2. The van der Waals surface area contributed by atoms with Gasteiger partial charge in [0.2, 0.25) is 0 Å². The molecular weight excluding hydrogens is 394 g/mol. The third kappa shape index (κ3) is 4.95. The number of pyridine rings is 2. The van der Waals surface area contributed by atoms with Crippen LogP contribution in [0.3, 0.4) is 0 Å². The van der Waals surface area contributed by atoms with Gasteiger partial charge in [-0.05, 0) is 57.5 Å². The molecule has 0 radical (unpaired) electrons. The van der Waals surface area contributed by atoms with Gasteiger partial charge in [-0.2, -0.15) is 0 Å². The minimum Gasteiger partial charge on any atom is -0.387 e. The molecule has 1 atom stereocenters. The number of hydrogen-bond donors (Lipinski definition) is 3. The lowest BCUT2D eigenvalue weighted by Crippen LogP contribution is -2.50. The van der Waals surface area contributed by atoms with Crippen LogP contribution in [0.25, 0.3) is 11.4 Å². The van der Waals surface area contributed by atoms with Gasteiger partial charge in [0.05, 0.1) is 24.0 Å². The molecule has 3 rings (SSSR count). The van der Waals surface area contributed by atoms with Crippen LogP contribution in [-0.2, 0) is 6.54 Å². The van der Waals surface area contributed by atoms with E-state index in [0.29, 0.717) is 17.2 Å². The molecular formula is C20H24F2N6O2. The summed E-state index contributed by atoms with van der Waals surface area (Å²) in [5, 5.41) is 31.6. The van der Waals surface area contributed by atoms with Gasteiger partial charge in [-0.1, -0.05) is 5.21 Å². The normalized spacial score (nSPS) is 14.0. The molecule has 0 bridgehead atoms. The summed E-state index contributed by atoms with van der Waals surface area (Å²) in [5.41, 5.74) is -1.06. The van der Waals surface area contributed by atoms with Gasteiger partial charge in [-0.3, -0.25) is 0 Å². The Hall–Kier alpha value is -2.98. The quantitative estimate of drug-likeness (QED) is 0.540. The molecule has 3 heterocycles. The lowest BCUT2D eigenvalue weighted by Gasteiger charge is -2.35. The van der Waals surface area contributed by atoms with Gasteiger partial charge >= 0.3 is 0 Å². The van der Waals surface area contributed by atoms with Gasteiger partial charge in [-0.15, -0.1) is 5.10 Å². The highest BCUT2D eigenvalue weighted by Gasteiger charge is 2.38. The Morgan fingerprint density at radius 1 is 1.10 bits per heavy atom. The van der Waals surface area contributed by atoms with Gasteiger partial charge in [0.1, 0.15) is 22.9 Å². The number of hydrogen-bond acceptors (Lipinski definition) is 7. The van der Waals surface area contributed by atoms with Gasteiger partial charge in [0, 0.05) is 11.8 Å². The molecule has 0 saturated heterocycles. The van der Waals surface area contributed by atoms with E-state index in [-0.39, 0.29) is 17.9 Å². The largest absolute Gasteiger partial charge is 0.387 e. The summed E-state index contributed by atoms with van der Waals surface area (Å²) in [6, 6.07) is 6.08. The number of alkyl halides is 2. The Balaban J connectivity index is 1.84. The van der Waals surface area contributed by atoms with Crippen LogP contribution in [-0.4, -0.2) is 46.4 Å². The predicted molar refractivity (Wildman–Crippen MR) is 107 cm³/mol. The van der Waals surface area contributed by atoms with Crippen molar-refractivity contribution >= 4 is 11.6 Å². The number of halogens is 2. The fourth-order valence-corrected chi connectivity index (χ4v) is 2.65. The molecule has 3 aromatic heterocycles. The Labute approximate surface area is 172 Å². The predicted octanol–water partition coefficient (Wildman–Crippen LogP) is 3.25. The first-order valence-corrected chi connectivity index (χ1v) is 9.30. The standard InChI is InChI=1S/C20H24F2N6O2/c1-12-7-14(15-10-28(27-26-15)11-20(4,30)19(2,3)29)24-17(8-12)25-16-9-13(18(21)22)5-6-23-16/h5-10,18,29-30H,11H2,1-4H3,(H,23,24,25). The Bertz CT molecular complexity index is 1030. The number of nitrogens with zero attached hydrogens (tertiary/aromatic N) is 5. The molecule has 8 nitrogen and oxygen atoms in total. The smallest absolute Gasteiger partial charge is 0.264 e. The molecule has 0 aliphatic rings.